The third-order valence-corrected chi connectivity index (χ3v) is 8.54. The molecule has 0 aromatic heterocycles. The van der Waals surface area contributed by atoms with E-state index in [1.165, 1.54) is 9.79 Å². The van der Waals surface area contributed by atoms with Crippen molar-refractivity contribution in [3.63, 3.8) is 0 Å². The molecule has 4 atom stereocenters. The maximum absolute atomic E-state index is 10.3. The molecular weight excluding hydrogens is 496 g/mol. The van der Waals surface area contributed by atoms with Crippen molar-refractivity contribution in [3.05, 3.63) is 60.7 Å². The van der Waals surface area contributed by atoms with Gasteiger partial charge in [0, 0.05) is 22.6 Å². The number of ether oxygens (including phenoxy) is 1. The van der Waals surface area contributed by atoms with Crippen LogP contribution in [0.5, 0.6) is 0 Å². The lowest BCUT2D eigenvalue weighted by Gasteiger charge is -2.25. The van der Waals surface area contributed by atoms with Crippen LogP contribution in [0.4, 0.5) is 0 Å². The van der Waals surface area contributed by atoms with Gasteiger partial charge in [0.05, 0.1) is 35.9 Å². The van der Waals surface area contributed by atoms with Gasteiger partial charge in [-0.25, -0.2) is 0 Å². The molecule has 0 radical (unpaired) electrons. The van der Waals surface area contributed by atoms with Crippen molar-refractivity contribution < 1.29 is 14.9 Å². The Balaban J connectivity index is 1.77. The smallest absolute Gasteiger partial charge is 0.0882 e. The minimum absolute atomic E-state index is 0.00566. The number of aliphatic hydroxyl groups excluding tert-OH is 2. The highest BCUT2D eigenvalue weighted by Crippen LogP contribution is 2.35. The first-order chi connectivity index (χ1) is 17.4. The van der Waals surface area contributed by atoms with Gasteiger partial charge in [0.15, 0.2) is 0 Å². The van der Waals surface area contributed by atoms with Crippen molar-refractivity contribution in [3.8, 4) is 23.7 Å². The zero-order valence-electron chi connectivity index (χ0n) is 23.0. The molecule has 0 aliphatic rings. The van der Waals surface area contributed by atoms with Gasteiger partial charge in [0.2, 0.25) is 0 Å². The Hall–Kier alpha value is -1.86. The largest absolute Gasteiger partial charge is 0.390 e. The van der Waals surface area contributed by atoms with Crippen LogP contribution in [0.2, 0.25) is 0 Å². The monoisotopic (exact) mass is 538 g/mol. The van der Waals surface area contributed by atoms with Crippen molar-refractivity contribution >= 4 is 23.5 Å². The lowest BCUT2D eigenvalue weighted by atomic mass is 9.92. The van der Waals surface area contributed by atoms with Gasteiger partial charge in [0.1, 0.15) is 0 Å². The number of rotatable bonds is 10. The minimum Gasteiger partial charge on any atom is -0.390 e. The highest BCUT2D eigenvalue weighted by atomic mass is 32.2. The number of hydrogen-bond donors (Lipinski definition) is 2. The molecule has 0 saturated carbocycles. The average Bonchev–Trinajstić information content (AvgIpc) is 2.83. The summed E-state index contributed by atoms with van der Waals surface area (Å²) in [6.07, 6.45) is -0.717. The molecular formula is C32H42O3S2. The molecule has 0 heterocycles. The van der Waals surface area contributed by atoms with E-state index in [1.54, 1.807) is 23.5 Å². The maximum atomic E-state index is 10.3. The van der Waals surface area contributed by atoms with E-state index in [1.807, 2.05) is 36.4 Å². The second kappa shape index (κ2) is 15.5. The molecule has 0 bridgehead atoms. The van der Waals surface area contributed by atoms with Gasteiger partial charge < -0.3 is 14.9 Å². The summed E-state index contributed by atoms with van der Waals surface area (Å²) in [6.45, 7) is 13.3. The molecule has 0 fully saturated rings. The number of hydrogen-bond acceptors (Lipinski definition) is 5. The zero-order chi connectivity index (χ0) is 27.3. The quantitative estimate of drug-likeness (QED) is 0.254. The second-order valence-corrected chi connectivity index (χ2v) is 13.6. The summed E-state index contributed by atoms with van der Waals surface area (Å²) in [5, 5.41) is 20.8. The fourth-order valence-corrected chi connectivity index (χ4v) is 5.28. The van der Waals surface area contributed by atoms with Crippen LogP contribution in [0.3, 0.4) is 0 Å². The van der Waals surface area contributed by atoms with Crippen LogP contribution in [0.1, 0.15) is 54.4 Å². The molecule has 2 aromatic carbocycles. The maximum Gasteiger partial charge on any atom is 0.0882 e. The van der Waals surface area contributed by atoms with E-state index in [0.29, 0.717) is 12.8 Å². The van der Waals surface area contributed by atoms with Crippen LogP contribution >= 0.6 is 23.5 Å². The Morgan fingerprint density at radius 1 is 0.649 bits per heavy atom. The fourth-order valence-electron chi connectivity index (χ4n) is 3.11. The van der Waals surface area contributed by atoms with E-state index in [-0.39, 0.29) is 34.5 Å². The van der Waals surface area contributed by atoms with Crippen molar-refractivity contribution in [2.75, 3.05) is 13.2 Å². The predicted octanol–water partition coefficient (Wildman–Crippen LogP) is 6.93. The van der Waals surface area contributed by atoms with Crippen LogP contribution in [-0.4, -0.2) is 46.1 Å². The Kier molecular flexibility index (Phi) is 13.2. The number of aliphatic hydroxyl groups is 2. The Morgan fingerprint density at radius 2 is 1.00 bits per heavy atom. The van der Waals surface area contributed by atoms with Gasteiger partial charge in [-0.3, -0.25) is 0 Å². The number of benzene rings is 2. The standard InChI is InChI=1S/C32H42O3S2/c1-31(2,3)29(36-27-17-9-7-10-18-27)21-13-15-25(33)23-35-24-26(34)16-14-22-30(32(4,5)6)37-28-19-11-8-12-20-28/h7-12,17-20,25-26,29-30,33-34H,15-16,23-24H2,1-6H3. The molecule has 0 amide bonds. The molecule has 0 spiro atoms. The molecule has 200 valence electrons. The second-order valence-electron chi connectivity index (χ2n) is 11.2. The Bertz CT molecular complexity index is 949. The van der Waals surface area contributed by atoms with Gasteiger partial charge in [-0.2, -0.15) is 0 Å². The van der Waals surface area contributed by atoms with E-state index in [4.69, 9.17) is 4.74 Å². The summed E-state index contributed by atoms with van der Waals surface area (Å²) >= 11 is 3.49. The van der Waals surface area contributed by atoms with E-state index in [9.17, 15) is 10.2 Å². The van der Waals surface area contributed by atoms with E-state index >= 15 is 0 Å². The summed E-state index contributed by atoms with van der Waals surface area (Å²) in [4.78, 5) is 2.37. The van der Waals surface area contributed by atoms with E-state index in [0.717, 1.165) is 0 Å². The summed E-state index contributed by atoms with van der Waals surface area (Å²) in [7, 11) is 0. The summed E-state index contributed by atoms with van der Waals surface area (Å²) in [5.41, 5.74) is 0.0113. The van der Waals surface area contributed by atoms with Crippen LogP contribution in [-0.2, 0) is 4.74 Å². The molecule has 0 aliphatic carbocycles. The normalized spacial score (nSPS) is 14.9. The molecule has 37 heavy (non-hydrogen) atoms. The fraction of sp³-hybridized carbons (Fsp3) is 0.500. The first kappa shape index (κ1) is 31.4. The number of thioether (sulfide) groups is 2. The lowest BCUT2D eigenvalue weighted by Crippen LogP contribution is -2.23. The highest BCUT2D eigenvalue weighted by molar-refractivity contribution is 8.00. The van der Waals surface area contributed by atoms with Crippen molar-refractivity contribution in [2.45, 2.75) is 86.9 Å². The van der Waals surface area contributed by atoms with Crippen molar-refractivity contribution in [1.82, 2.24) is 0 Å². The molecule has 2 N–H and O–H groups in total. The topological polar surface area (TPSA) is 49.7 Å². The van der Waals surface area contributed by atoms with Crippen LogP contribution < -0.4 is 0 Å². The van der Waals surface area contributed by atoms with Gasteiger partial charge in [0.25, 0.3) is 0 Å². The average molecular weight is 539 g/mol. The van der Waals surface area contributed by atoms with E-state index in [2.05, 4.69) is 89.5 Å². The Morgan fingerprint density at radius 3 is 1.32 bits per heavy atom. The molecule has 2 aromatic rings. The first-order valence-corrected chi connectivity index (χ1v) is 14.5. The van der Waals surface area contributed by atoms with Crippen molar-refractivity contribution in [1.29, 1.82) is 0 Å². The van der Waals surface area contributed by atoms with Gasteiger partial charge in [-0.15, -0.1) is 23.5 Å². The highest BCUT2D eigenvalue weighted by Gasteiger charge is 2.25. The SMILES string of the molecule is CC(C)(C)C(C#CCC(O)COCC(O)CC#CC(Sc1ccccc1)C(C)(C)C)Sc1ccccc1. The summed E-state index contributed by atoms with van der Waals surface area (Å²) in [6, 6.07) is 20.5. The minimum atomic E-state index is -0.694. The molecule has 0 saturated heterocycles. The first-order valence-electron chi connectivity index (χ1n) is 12.8. The van der Waals surface area contributed by atoms with Crippen LogP contribution in [0.25, 0.3) is 0 Å². The predicted molar refractivity (Wildman–Crippen MR) is 159 cm³/mol. The van der Waals surface area contributed by atoms with Gasteiger partial charge in [-0.05, 0) is 35.1 Å². The third-order valence-electron chi connectivity index (χ3n) is 5.33. The molecule has 3 nitrogen and oxygen atoms in total. The van der Waals surface area contributed by atoms with E-state index < -0.39 is 12.2 Å². The van der Waals surface area contributed by atoms with Crippen molar-refractivity contribution in [2.24, 2.45) is 10.8 Å². The van der Waals surface area contributed by atoms with Gasteiger partial charge in [-0.1, -0.05) is 102 Å². The van der Waals surface area contributed by atoms with Gasteiger partial charge >= 0.3 is 0 Å². The molecule has 2 rings (SSSR count). The molecule has 5 heteroatoms. The van der Waals surface area contributed by atoms with Crippen LogP contribution in [0, 0.1) is 34.5 Å². The zero-order valence-corrected chi connectivity index (χ0v) is 24.7. The molecule has 0 aliphatic heterocycles. The lowest BCUT2D eigenvalue weighted by molar-refractivity contribution is -0.00406. The molecule has 4 unspecified atom stereocenters. The Labute approximate surface area is 233 Å². The van der Waals surface area contributed by atoms with Crippen LogP contribution in [0.15, 0.2) is 70.5 Å². The third kappa shape index (κ3) is 13.0. The summed E-state index contributed by atoms with van der Waals surface area (Å²) in [5.74, 6) is 13.0. The summed E-state index contributed by atoms with van der Waals surface area (Å²) < 4.78 is 5.55.